The average Bonchev–Trinajstić information content (AvgIpc) is 2.63. The number of carbonyl (C=O) groups excluding carboxylic acids is 1. The molecule has 0 atom stereocenters. The maximum atomic E-state index is 12.3. The second-order valence-electron chi connectivity index (χ2n) is 5.57. The second kappa shape index (κ2) is 4.60. The lowest BCUT2D eigenvalue weighted by atomic mass is 9.95. The lowest BCUT2D eigenvalue weighted by Gasteiger charge is -2.07. The van der Waals surface area contributed by atoms with Crippen LogP contribution in [0.15, 0.2) is 18.2 Å². The van der Waals surface area contributed by atoms with E-state index in [0.717, 1.165) is 22.2 Å². The van der Waals surface area contributed by atoms with Gasteiger partial charge < -0.3 is 4.98 Å². The van der Waals surface area contributed by atoms with E-state index in [-0.39, 0.29) is 11.7 Å². The van der Waals surface area contributed by atoms with Crippen LogP contribution in [0, 0.1) is 12.8 Å². The Morgan fingerprint density at radius 3 is 2.39 bits per heavy atom. The Bertz CT molecular complexity index is 590. The summed E-state index contributed by atoms with van der Waals surface area (Å²) in [7, 11) is 0. The molecule has 0 radical (unpaired) electrons. The van der Waals surface area contributed by atoms with E-state index in [1.54, 1.807) is 0 Å². The van der Waals surface area contributed by atoms with Crippen LogP contribution in [0.4, 0.5) is 0 Å². The molecule has 0 amide bonds. The van der Waals surface area contributed by atoms with Crippen molar-refractivity contribution in [1.29, 1.82) is 0 Å². The molecule has 18 heavy (non-hydrogen) atoms. The predicted molar refractivity (Wildman–Crippen MR) is 76.3 cm³/mol. The molecule has 1 heterocycles. The van der Waals surface area contributed by atoms with Crippen LogP contribution in [-0.2, 0) is 0 Å². The molecular weight excluding hydrogens is 222 g/mol. The van der Waals surface area contributed by atoms with E-state index in [4.69, 9.17) is 0 Å². The molecule has 1 N–H and O–H groups in total. The summed E-state index contributed by atoms with van der Waals surface area (Å²) in [4.78, 5) is 15.7. The first-order valence-corrected chi connectivity index (χ1v) is 6.58. The van der Waals surface area contributed by atoms with Crippen LogP contribution in [0.2, 0.25) is 0 Å². The summed E-state index contributed by atoms with van der Waals surface area (Å²) in [5.74, 6) is 0.707. The molecule has 2 rings (SSSR count). The summed E-state index contributed by atoms with van der Waals surface area (Å²) in [6.45, 7) is 10.2. The van der Waals surface area contributed by atoms with Crippen molar-refractivity contribution in [2.45, 2.75) is 40.5 Å². The highest BCUT2D eigenvalue weighted by Crippen LogP contribution is 2.30. The maximum absolute atomic E-state index is 12.3. The number of H-pyrrole nitrogens is 1. The highest BCUT2D eigenvalue weighted by Gasteiger charge is 2.20. The standard InChI is InChI=1S/C16H21NO/c1-9(2)12-7-6-8-13-14(16(18)10(3)4)11(5)17-15(12)13/h6-10,17H,1-5H3. The molecule has 1 aromatic heterocycles. The largest absolute Gasteiger partial charge is 0.358 e. The Balaban J connectivity index is 2.73. The van der Waals surface area contributed by atoms with E-state index in [9.17, 15) is 4.79 Å². The fraction of sp³-hybridized carbons (Fsp3) is 0.438. The van der Waals surface area contributed by atoms with Gasteiger partial charge in [0.05, 0.1) is 0 Å². The number of hydrogen-bond acceptors (Lipinski definition) is 1. The summed E-state index contributed by atoms with van der Waals surface area (Å²) in [6.07, 6.45) is 0. The lowest BCUT2D eigenvalue weighted by molar-refractivity contribution is 0.0940. The third-order valence-corrected chi connectivity index (χ3v) is 3.45. The van der Waals surface area contributed by atoms with Crippen molar-refractivity contribution in [3.8, 4) is 0 Å². The Morgan fingerprint density at radius 2 is 1.83 bits per heavy atom. The van der Waals surface area contributed by atoms with E-state index < -0.39 is 0 Å². The lowest BCUT2D eigenvalue weighted by Crippen LogP contribution is -2.08. The number of fused-ring (bicyclic) bond motifs is 1. The predicted octanol–water partition coefficient (Wildman–Crippen LogP) is 4.44. The SMILES string of the molecule is Cc1[nH]c2c(C(C)C)cccc2c1C(=O)C(C)C. The van der Waals surface area contributed by atoms with Crippen molar-refractivity contribution in [1.82, 2.24) is 4.98 Å². The van der Waals surface area contributed by atoms with Gasteiger partial charge >= 0.3 is 0 Å². The molecular formula is C16H21NO. The van der Waals surface area contributed by atoms with Crippen molar-refractivity contribution in [3.63, 3.8) is 0 Å². The van der Waals surface area contributed by atoms with Crippen molar-refractivity contribution in [3.05, 3.63) is 35.0 Å². The topological polar surface area (TPSA) is 32.9 Å². The van der Waals surface area contributed by atoms with Crippen LogP contribution in [0.1, 0.15) is 55.2 Å². The molecule has 2 nitrogen and oxygen atoms in total. The summed E-state index contributed by atoms with van der Waals surface area (Å²) in [5, 5.41) is 1.07. The molecule has 0 bridgehead atoms. The maximum Gasteiger partial charge on any atom is 0.167 e. The van der Waals surface area contributed by atoms with Gasteiger partial charge in [-0.2, -0.15) is 0 Å². The van der Waals surface area contributed by atoms with Gasteiger partial charge in [0.15, 0.2) is 5.78 Å². The summed E-state index contributed by atoms with van der Waals surface area (Å²) < 4.78 is 0. The molecule has 2 heteroatoms. The van der Waals surface area contributed by atoms with Gasteiger partial charge in [-0.3, -0.25) is 4.79 Å². The number of nitrogens with one attached hydrogen (secondary N) is 1. The number of rotatable bonds is 3. The smallest absolute Gasteiger partial charge is 0.167 e. The molecule has 0 aliphatic rings. The van der Waals surface area contributed by atoms with Gasteiger partial charge in [-0.05, 0) is 18.4 Å². The quantitative estimate of drug-likeness (QED) is 0.794. The van der Waals surface area contributed by atoms with Crippen LogP contribution in [0.25, 0.3) is 10.9 Å². The van der Waals surface area contributed by atoms with Crippen molar-refractivity contribution < 1.29 is 4.79 Å². The molecule has 1 aromatic carbocycles. The number of para-hydroxylation sites is 1. The van der Waals surface area contributed by atoms with E-state index in [1.165, 1.54) is 5.56 Å². The molecule has 0 saturated carbocycles. The molecule has 0 spiro atoms. The van der Waals surface area contributed by atoms with Crippen LogP contribution in [0.5, 0.6) is 0 Å². The highest BCUT2D eigenvalue weighted by atomic mass is 16.1. The summed E-state index contributed by atoms with van der Waals surface area (Å²) in [5.41, 5.74) is 4.24. The number of benzene rings is 1. The Morgan fingerprint density at radius 1 is 1.17 bits per heavy atom. The molecule has 0 aliphatic heterocycles. The first-order chi connectivity index (χ1) is 8.43. The van der Waals surface area contributed by atoms with Crippen LogP contribution >= 0.6 is 0 Å². The molecule has 0 unspecified atom stereocenters. The highest BCUT2D eigenvalue weighted by molar-refractivity contribution is 6.10. The van der Waals surface area contributed by atoms with Gasteiger partial charge in [-0.1, -0.05) is 45.9 Å². The first-order valence-electron chi connectivity index (χ1n) is 6.58. The molecule has 2 aromatic rings. The monoisotopic (exact) mass is 243 g/mol. The van der Waals surface area contributed by atoms with Gasteiger partial charge in [-0.25, -0.2) is 0 Å². The van der Waals surface area contributed by atoms with Gasteiger partial charge in [0.1, 0.15) is 0 Å². The minimum Gasteiger partial charge on any atom is -0.358 e. The van der Waals surface area contributed by atoms with E-state index in [2.05, 4.69) is 24.9 Å². The van der Waals surface area contributed by atoms with E-state index in [0.29, 0.717) is 5.92 Å². The van der Waals surface area contributed by atoms with Gasteiger partial charge in [-0.15, -0.1) is 0 Å². The Kier molecular flexibility index (Phi) is 3.29. The average molecular weight is 243 g/mol. The minimum absolute atomic E-state index is 0.0328. The number of hydrogen-bond donors (Lipinski definition) is 1. The van der Waals surface area contributed by atoms with Crippen LogP contribution < -0.4 is 0 Å². The Hall–Kier alpha value is -1.57. The number of aromatic nitrogens is 1. The zero-order valence-corrected chi connectivity index (χ0v) is 11.8. The van der Waals surface area contributed by atoms with Gasteiger partial charge in [0.2, 0.25) is 0 Å². The number of ketones is 1. The number of aromatic amines is 1. The molecule has 96 valence electrons. The zero-order valence-electron chi connectivity index (χ0n) is 11.8. The zero-order chi connectivity index (χ0) is 13.4. The summed E-state index contributed by atoms with van der Waals surface area (Å²) in [6, 6.07) is 6.22. The fourth-order valence-corrected chi connectivity index (χ4v) is 2.46. The number of carbonyl (C=O) groups is 1. The normalized spacial score (nSPS) is 11.7. The van der Waals surface area contributed by atoms with E-state index in [1.807, 2.05) is 32.9 Å². The Labute approximate surface area is 108 Å². The minimum atomic E-state index is 0.0328. The first kappa shape index (κ1) is 12.9. The van der Waals surface area contributed by atoms with E-state index >= 15 is 0 Å². The van der Waals surface area contributed by atoms with Crippen molar-refractivity contribution in [2.24, 2.45) is 5.92 Å². The van der Waals surface area contributed by atoms with Crippen molar-refractivity contribution in [2.75, 3.05) is 0 Å². The molecule has 0 saturated heterocycles. The molecule has 0 fully saturated rings. The number of aryl methyl sites for hydroxylation is 1. The van der Waals surface area contributed by atoms with Crippen LogP contribution in [-0.4, -0.2) is 10.8 Å². The third-order valence-electron chi connectivity index (χ3n) is 3.45. The fourth-order valence-electron chi connectivity index (χ4n) is 2.46. The van der Waals surface area contributed by atoms with Gasteiger partial charge in [0.25, 0.3) is 0 Å². The van der Waals surface area contributed by atoms with Crippen molar-refractivity contribution >= 4 is 16.7 Å². The number of Topliss-reactive ketones (excluding diaryl/α,β-unsaturated/α-hetero) is 1. The van der Waals surface area contributed by atoms with Gasteiger partial charge in [0, 0.05) is 28.1 Å². The summed E-state index contributed by atoms with van der Waals surface area (Å²) >= 11 is 0. The third kappa shape index (κ3) is 1.96. The van der Waals surface area contributed by atoms with Crippen LogP contribution in [0.3, 0.4) is 0 Å². The molecule has 0 aliphatic carbocycles. The second-order valence-corrected chi connectivity index (χ2v) is 5.57.